The highest BCUT2D eigenvalue weighted by atomic mass is 14.9. The third-order valence-electron chi connectivity index (χ3n) is 1.49. The van der Waals surface area contributed by atoms with Gasteiger partial charge in [0.2, 0.25) is 0 Å². The largest absolute Gasteiger partial charge is 0.396 e. The van der Waals surface area contributed by atoms with Gasteiger partial charge in [-0.2, -0.15) is 0 Å². The fourth-order valence-electron chi connectivity index (χ4n) is 0.840. The molecular formula is C7H11N3. The summed E-state index contributed by atoms with van der Waals surface area (Å²) in [7, 11) is 0. The lowest BCUT2D eigenvalue weighted by Crippen LogP contribution is -2.00. The number of pyridine rings is 1. The molecule has 0 radical (unpaired) electrons. The van der Waals surface area contributed by atoms with Crippen molar-refractivity contribution in [3.8, 4) is 0 Å². The first kappa shape index (κ1) is 6.86. The molecule has 0 saturated heterocycles. The van der Waals surface area contributed by atoms with Crippen LogP contribution in [0, 0.1) is 0 Å². The first-order valence-corrected chi connectivity index (χ1v) is 3.24. The topological polar surface area (TPSA) is 64.9 Å². The molecule has 0 bridgehead atoms. The number of rotatable bonds is 1. The molecule has 54 valence electrons. The van der Waals surface area contributed by atoms with E-state index in [9.17, 15) is 0 Å². The van der Waals surface area contributed by atoms with Gasteiger partial charge in [-0.05, 0) is 18.1 Å². The second-order valence-electron chi connectivity index (χ2n) is 2.12. The second kappa shape index (κ2) is 2.56. The molecule has 0 aliphatic heterocycles. The van der Waals surface area contributed by atoms with Crippen LogP contribution in [0.5, 0.6) is 0 Å². The van der Waals surface area contributed by atoms with Gasteiger partial charge in [-0.25, -0.2) is 4.98 Å². The SMILES string of the molecule is CCc1ccnc(N)c1N. The lowest BCUT2D eigenvalue weighted by molar-refractivity contribution is 1.13. The molecule has 4 N–H and O–H groups in total. The quantitative estimate of drug-likeness (QED) is 0.602. The Hall–Kier alpha value is -1.25. The molecule has 0 aromatic carbocycles. The number of aromatic nitrogens is 1. The number of hydrogen-bond acceptors (Lipinski definition) is 3. The van der Waals surface area contributed by atoms with E-state index in [0.29, 0.717) is 11.5 Å². The predicted octanol–water partition coefficient (Wildman–Crippen LogP) is 0.808. The zero-order valence-corrected chi connectivity index (χ0v) is 5.96. The van der Waals surface area contributed by atoms with Crippen LogP contribution in [0.3, 0.4) is 0 Å². The van der Waals surface area contributed by atoms with E-state index in [4.69, 9.17) is 11.5 Å². The number of nitrogen functional groups attached to an aromatic ring is 2. The van der Waals surface area contributed by atoms with Crippen molar-refractivity contribution in [2.45, 2.75) is 13.3 Å². The second-order valence-corrected chi connectivity index (χ2v) is 2.12. The third-order valence-corrected chi connectivity index (χ3v) is 1.49. The fraction of sp³-hybridized carbons (Fsp3) is 0.286. The Morgan fingerprint density at radius 1 is 1.50 bits per heavy atom. The number of aryl methyl sites for hydroxylation is 1. The molecule has 0 fully saturated rings. The summed E-state index contributed by atoms with van der Waals surface area (Å²) in [5.41, 5.74) is 12.7. The molecule has 0 amide bonds. The molecule has 1 heterocycles. The smallest absolute Gasteiger partial charge is 0.146 e. The normalized spacial score (nSPS) is 9.70. The van der Waals surface area contributed by atoms with E-state index in [1.54, 1.807) is 6.20 Å². The van der Waals surface area contributed by atoms with Crippen LogP contribution in [0.4, 0.5) is 11.5 Å². The van der Waals surface area contributed by atoms with Crippen LogP contribution in [0.2, 0.25) is 0 Å². The van der Waals surface area contributed by atoms with Crippen molar-refractivity contribution >= 4 is 11.5 Å². The van der Waals surface area contributed by atoms with Crippen LogP contribution < -0.4 is 11.5 Å². The highest BCUT2D eigenvalue weighted by Crippen LogP contribution is 2.16. The molecule has 0 spiro atoms. The maximum atomic E-state index is 5.61. The number of nitrogens with two attached hydrogens (primary N) is 2. The molecule has 1 aromatic rings. The van der Waals surface area contributed by atoms with Gasteiger partial charge in [-0.15, -0.1) is 0 Å². The van der Waals surface area contributed by atoms with E-state index in [0.717, 1.165) is 12.0 Å². The molecule has 3 nitrogen and oxygen atoms in total. The van der Waals surface area contributed by atoms with Gasteiger partial charge in [0.25, 0.3) is 0 Å². The zero-order chi connectivity index (χ0) is 7.56. The van der Waals surface area contributed by atoms with Crippen molar-refractivity contribution < 1.29 is 0 Å². The van der Waals surface area contributed by atoms with Crippen LogP contribution in [0.15, 0.2) is 12.3 Å². The van der Waals surface area contributed by atoms with Crippen molar-refractivity contribution in [3.05, 3.63) is 17.8 Å². The molecule has 1 rings (SSSR count). The Balaban J connectivity index is 3.14. The molecule has 1 aromatic heterocycles. The summed E-state index contributed by atoms with van der Waals surface area (Å²) in [5, 5.41) is 0. The zero-order valence-electron chi connectivity index (χ0n) is 5.96. The predicted molar refractivity (Wildman–Crippen MR) is 42.4 cm³/mol. The van der Waals surface area contributed by atoms with E-state index in [-0.39, 0.29) is 0 Å². The Morgan fingerprint density at radius 2 is 2.20 bits per heavy atom. The van der Waals surface area contributed by atoms with Gasteiger partial charge >= 0.3 is 0 Å². The summed E-state index contributed by atoms with van der Waals surface area (Å²) in [5.74, 6) is 0.430. The molecule has 0 saturated carbocycles. The van der Waals surface area contributed by atoms with Gasteiger partial charge in [0.15, 0.2) is 0 Å². The van der Waals surface area contributed by atoms with E-state index in [1.165, 1.54) is 0 Å². The summed E-state index contributed by atoms with van der Waals surface area (Å²) in [4.78, 5) is 3.84. The first-order chi connectivity index (χ1) is 4.75. The Labute approximate surface area is 60.1 Å². The van der Waals surface area contributed by atoms with Gasteiger partial charge in [-0.1, -0.05) is 6.92 Å². The van der Waals surface area contributed by atoms with Crippen molar-refractivity contribution in [3.63, 3.8) is 0 Å². The minimum Gasteiger partial charge on any atom is -0.396 e. The van der Waals surface area contributed by atoms with Crippen LogP contribution in [0.25, 0.3) is 0 Å². The van der Waals surface area contributed by atoms with E-state index in [2.05, 4.69) is 4.98 Å². The van der Waals surface area contributed by atoms with E-state index >= 15 is 0 Å². The van der Waals surface area contributed by atoms with Crippen molar-refractivity contribution in [2.75, 3.05) is 11.5 Å². The Kier molecular flexibility index (Phi) is 1.76. The van der Waals surface area contributed by atoms with Crippen molar-refractivity contribution in [1.82, 2.24) is 4.98 Å². The maximum absolute atomic E-state index is 5.61. The standard InChI is InChI=1S/C7H11N3/c1-2-5-3-4-10-7(9)6(5)8/h3-4H,2,8H2,1H3,(H2,9,10). The summed E-state index contributed by atoms with van der Waals surface area (Å²) in [6.45, 7) is 2.03. The van der Waals surface area contributed by atoms with Gasteiger partial charge in [0.1, 0.15) is 5.82 Å². The highest BCUT2D eigenvalue weighted by molar-refractivity contribution is 5.62. The van der Waals surface area contributed by atoms with E-state index < -0.39 is 0 Å². The van der Waals surface area contributed by atoms with Crippen LogP contribution in [0.1, 0.15) is 12.5 Å². The average Bonchev–Trinajstić information content (AvgIpc) is 1.95. The lowest BCUT2D eigenvalue weighted by Gasteiger charge is -2.02. The van der Waals surface area contributed by atoms with E-state index in [1.807, 2.05) is 13.0 Å². The monoisotopic (exact) mass is 137 g/mol. The summed E-state index contributed by atoms with van der Waals surface area (Å²) in [6, 6.07) is 1.88. The summed E-state index contributed by atoms with van der Waals surface area (Å²) in [6.07, 6.45) is 2.57. The van der Waals surface area contributed by atoms with Gasteiger partial charge in [0.05, 0.1) is 5.69 Å². The molecule has 0 unspecified atom stereocenters. The third kappa shape index (κ3) is 1.03. The number of anilines is 2. The minimum atomic E-state index is 0.430. The fourth-order valence-corrected chi connectivity index (χ4v) is 0.840. The maximum Gasteiger partial charge on any atom is 0.146 e. The van der Waals surface area contributed by atoms with Crippen LogP contribution in [-0.4, -0.2) is 4.98 Å². The summed E-state index contributed by atoms with van der Waals surface area (Å²) >= 11 is 0. The molecule has 0 aliphatic rings. The molecule has 0 atom stereocenters. The average molecular weight is 137 g/mol. The highest BCUT2D eigenvalue weighted by Gasteiger charge is 1.98. The molecule has 3 heteroatoms. The lowest BCUT2D eigenvalue weighted by atomic mass is 10.2. The van der Waals surface area contributed by atoms with Crippen molar-refractivity contribution in [2.24, 2.45) is 0 Å². The Bertz CT molecular complexity index is 232. The summed E-state index contributed by atoms with van der Waals surface area (Å²) < 4.78 is 0. The Morgan fingerprint density at radius 3 is 2.70 bits per heavy atom. The van der Waals surface area contributed by atoms with Crippen LogP contribution in [-0.2, 0) is 6.42 Å². The van der Waals surface area contributed by atoms with Crippen LogP contribution >= 0.6 is 0 Å². The number of nitrogens with zero attached hydrogens (tertiary/aromatic N) is 1. The first-order valence-electron chi connectivity index (χ1n) is 3.24. The molecule has 0 aliphatic carbocycles. The molecule has 10 heavy (non-hydrogen) atoms. The van der Waals surface area contributed by atoms with Crippen molar-refractivity contribution in [1.29, 1.82) is 0 Å². The minimum absolute atomic E-state index is 0.430. The van der Waals surface area contributed by atoms with Gasteiger partial charge in [0, 0.05) is 6.20 Å². The van der Waals surface area contributed by atoms with Gasteiger partial charge in [-0.3, -0.25) is 0 Å². The van der Waals surface area contributed by atoms with Gasteiger partial charge < -0.3 is 11.5 Å². The molecular weight excluding hydrogens is 126 g/mol. The number of hydrogen-bond donors (Lipinski definition) is 2.